The first kappa shape index (κ1) is 16.7. The minimum atomic E-state index is -0.399. The van der Waals surface area contributed by atoms with Crippen molar-refractivity contribution >= 4 is 24.0 Å². The van der Waals surface area contributed by atoms with Crippen molar-refractivity contribution in [2.75, 3.05) is 6.54 Å². The molecule has 8 heteroatoms. The van der Waals surface area contributed by atoms with Crippen LogP contribution < -0.4 is 10.6 Å². The average Bonchev–Trinajstić information content (AvgIpc) is 3.28. The third-order valence-electron chi connectivity index (χ3n) is 3.47. The molecule has 0 saturated heterocycles. The number of hydrogen-bond acceptors (Lipinski definition) is 4. The third-order valence-corrected chi connectivity index (χ3v) is 3.77. The molecule has 1 aromatic carbocycles. The minimum Gasteiger partial charge on any atom is -0.467 e. The van der Waals surface area contributed by atoms with Crippen LogP contribution in [0.15, 0.2) is 59.3 Å². The topological polar surface area (TPSA) is 92.1 Å². The number of carbonyl (C=O) groups excluding carboxylic acids is 2. The quantitative estimate of drug-likeness (QED) is 0.590. The number of nitrogens with one attached hydrogen (secondary N) is 3. The first-order chi connectivity index (χ1) is 12.1. The maximum Gasteiger partial charge on any atom is 0.270 e. The first-order valence-corrected chi connectivity index (χ1v) is 7.99. The highest BCUT2D eigenvalue weighted by molar-refractivity contribution is 7.71. The molecule has 7 nitrogen and oxygen atoms in total. The van der Waals surface area contributed by atoms with Crippen LogP contribution in [0.3, 0.4) is 0 Å². The summed E-state index contributed by atoms with van der Waals surface area (Å²) in [6, 6.07) is 12.8. The van der Waals surface area contributed by atoms with Gasteiger partial charge in [0.2, 0.25) is 5.91 Å². The summed E-state index contributed by atoms with van der Waals surface area (Å²) < 4.78 is 7.14. The molecule has 2 aromatic heterocycles. The number of nitrogens with zero attached hydrogens (tertiary/aromatic N) is 1. The zero-order chi connectivity index (χ0) is 17.6. The maximum absolute atomic E-state index is 12.4. The van der Waals surface area contributed by atoms with E-state index in [4.69, 9.17) is 16.6 Å². The smallest absolute Gasteiger partial charge is 0.270 e. The Morgan fingerprint density at radius 2 is 1.92 bits per heavy atom. The molecule has 3 rings (SSSR count). The Morgan fingerprint density at radius 1 is 1.12 bits per heavy atom. The number of furan rings is 1. The van der Waals surface area contributed by atoms with Crippen molar-refractivity contribution in [2.24, 2.45) is 0 Å². The van der Waals surface area contributed by atoms with Gasteiger partial charge < -0.3 is 20.0 Å². The summed E-state index contributed by atoms with van der Waals surface area (Å²) in [5, 5.41) is 5.24. The number of aromatic amines is 1. The fourth-order valence-corrected chi connectivity index (χ4v) is 2.54. The van der Waals surface area contributed by atoms with Gasteiger partial charge >= 0.3 is 0 Å². The second-order valence-electron chi connectivity index (χ2n) is 5.19. The molecule has 3 N–H and O–H groups in total. The van der Waals surface area contributed by atoms with Crippen LogP contribution in [0.5, 0.6) is 0 Å². The molecule has 0 aliphatic heterocycles. The van der Waals surface area contributed by atoms with Gasteiger partial charge in [0.15, 0.2) is 4.77 Å². The summed E-state index contributed by atoms with van der Waals surface area (Å²) in [6.07, 6.45) is 3.05. The van der Waals surface area contributed by atoms with Crippen molar-refractivity contribution < 1.29 is 14.0 Å². The summed E-state index contributed by atoms with van der Waals surface area (Å²) in [4.78, 5) is 27.1. The van der Waals surface area contributed by atoms with Gasteiger partial charge in [-0.2, -0.15) is 0 Å². The molecule has 0 unspecified atom stereocenters. The molecular formula is C17H16N4O3S. The number of carbonyl (C=O) groups is 2. The van der Waals surface area contributed by atoms with Gasteiger partial charge in [0, 0.05) is 11.9 Å². The molecule has 3 aromatic rings. The lowest BCUT2D eigenvalue weighted by molar-refractivity contribution is -0.120. The van der Waals surface area contributed by atoms with Crippen LogP contribution in [0, 0.1) is 4.77 Å². The van der Waals surface area contributed by atoms with Gasteiger partial charge in [0.25, 0.3) is 5.91 Å². The number of rotatable bonds is 6. The van der Waals surface area contributed by atoms with Crippen molar-refractivity contribution in [1.82, 2.24) is 20.2 Å². The largest absolute Gasteiger partial charge is 0.467 e. The van der Waals surface area contributed by atoms with Crippen LogP contribution >= 0.6 is 12.2 Å². The van der Waals surface area contributed by atoms with Crippen LogP contribution in [0.25, 0.3) is 5.69 Å². The highest BCUT2D eigenvalue weighted by atomic mass is 32.1. The molecule has 0 bridgehead atoms. The number of H-pyrrole nitrogens is 1. The average molecular weight is 356 g/mol. The van der Waals surface area contributed by atoms with Crippen LogP contribution in [0.4, 0.5) is 0 Å². The molecule has 128 valence electrons. The lowest BCUT2D eigenvalue weighted by Crippen LogP contribution is -2.37. The molecule has 0 radical (unpaired) electrons. The molecule has 0 spiro atoms. The third kappa shape index (κ3) is 4.04. The minimum absolute atomic E-state index is 0.147. The number of benzene rings is 1. The van der Waals surface area contributed by atoms with E-state index in [0.29, 0.717) is 16.2 Å². The SMILES string of the molecule is O=C(CNC(=O)c1c[nH]c(=S)n1-c1ccccc1)NCc1ccco1. The number of aromatic nitrogens is 2. The van der Waals surface area contributed by atoms with E-state index in [1.165, 1.54) is 12.5 Å². The maximum atomic E-state index is 12.4. The number of imidazole rings is 1. The van der Waals surface area contributed by atoms with E-state index >= 15 is 0 Å². The predicted octanol–water partition coefficient (Wildman–Crippen LogP) is 2.17. The highest BCUT2D eigenvalue weighted by Crippen LogP contribution is 2.12. The molecule has 0 aliphatic rings. The Kier molecular flexibility index (Phi) is 5.10. The van der Waals surface area contributed by atoms with E-state index in [0.717, 1.165) is 5.69 Å². The fourth-order valence-electron chi connectivity index (χ4n) is 2.28. The van der Waals surface area contributed by atoms with Gasteiger partial charge in [-0.3, -0.25) is 14.2 Å². The van der Waals surface area contributed by atoms with Crippen LogP contribution in [0.2, 0.25) is 0 Å². The van der Waals surface area contributed by atoms with Gasteiger partial charge in [-0.15, -0.1) is 0 Å². The molecule has 2 heterocycles. The summed E-state index contributed by atoms with van der Waals surface area (Å²) >= 11 is 5.23. The van der Waals surface area contributed by atoms with E-state index in [9.17, 15) is 9.59 Å². The van der Waals surface area contributed by atoms with Gasteiger partial charge in [0.05, 0.1) is 19.4 Å². The van der Waals surface area contributed by atoms with E-state index < -0.39 is 5.91 Å². The van der Waals surface area contributed by atoms with Crippen LogP contribution in [-0.2, 0) is 11.3 Å². The van der Waals surface area contributed by atoms with E-state index in [1.54, 1.807) is 16.7 Å². The van der Waals surface area contributed by atoms with E-state index in [1.807, 2.05) is 30.3 Å². The molecule has 0 aliphatic carbocycles. The molecule has 25 heavy (non-hydrogen) atoms. The van der Waals surface area contributed by atoms with E-state index in [-0.39, 0.29) is 19.0 Å². The molecule has 0 atom stereocenters. The number of hydrogen-bond donors (Lipinski definition) is 3. The Bertz CT molecular complexity index is 913. The first-order valence-electron chi connectivity index (χ1n) is 7.58. The van der Waals surface area contributed by atoms with Crippen molar-refractivity contribution in [3.63, 3.8) is 0 Å². The van der Waals surface area contributed by atoms with Gasteiger partial charge in [-0.1, -0.05) is 18.2 Å². The molecule has 0 fully saturated rings. The van der Waals surface area contributed by atoms with Crippen LogP contribution in [-0.4, -0.2) is 27.9 Å². The Morgan fingerprint density at radius 3 is 2.64 bits per heavy atom. The fraction of sp³-hybridized carbons (Fsp3) is 0.118. The normalized spacial score (nSPS) is 10.4. The summed E-state index contributed by atoms with van der Waals surface area (Å²) in [5.74, 6) is -0.0718. The monoisotopic (exact) mass is 356 g/mol. The van der Waals surface area contributed by atoms with E-state index in [2.05, 4.69) is 15.6 Å². The standard InChI is InChI=1S/C17H16N4O3S/c22-15(18-9-13-7-4-8-24-13)11-19-16(23)14-10-20-17(25)21(14)12-5-2-1-3-6-12/h1-8,10H,9,11H2,(H,18,22)(H,19,23)(H,20,25). The predicted molar refractivity (Wildman–Crippen MR) is 93.8 cm³/mol. The lowest BCUT2D eigenvalue weighted by atomic mass is 10.3. The van der Waals surface area contributed by atoms with Gasteiger partial charge in [0.1, 0.15) is 11.5 Å². The van der Waals surface area contributed by atoms with Gasteiger partial charge in [-0.25, -0.2) is 0 Å². The Hall–Kier alpha value is -3.13. The van der Waals surface area contributed by atoms with Gasteiger partial charge in [-0.05, 0) is 36.5 Å². The highest BCUT2D eigenvalue weighted by Gasteiger charge is 2.15. The second-order valence-corrected chi connectivity index (χ2v) is 5.58. The van der Waals surface area contributed by atoms with Crippen molar-refractivity contribution in [3.05, 3.63) is 71.1 Å². The molecule has 2 amide bonds. The zero-order valence-corrected chi connectivity index (χ0v) is 14.0. The van der Waals surface area contributed by atoms with Crippen molar-refractivity contribution in [2.45, 2.75) is 6.54 Å². The summed E-state index contributed by atoms with van der Waals surface area (Å²) in [5.41, 5.74) is 1.09. The summed E-state index contributed by atoms with van der Waals surface area (Å²) in [7, 11) is 0. The number of para-hydroxylation sites is 1. The molecule has 0 saturated carbocycles. The summed E-state index contributed by atoms with van der Waals surface area (Å²) in [6.45, 7) is 0.123. The van der Waals surface area contributed by atoms with Crippen LogP contribution in [0.1, 0.15) is 16.2 Å². The second kappa shape index (κ2) is 7.63. The zero-order valence-electron chi connectivity index (χ0n) is 13.2. The Labute approximate surface area is 148 Å². The molecular weight excluding hydrogens is 340 g/mol. The Balaban J connectivity index is 1.62. The van der Waals surface area contributed by atoms with Crippen molar-refractivity contribution in [3.8, 4) is 5.69 Å². The number of amides is 2. The lowest BCUT2D eigenvalue weighted by Gasteiger charge is -2.09. The van der Waals surface area contributed by atoms with Crippen molar-refractivity contribution in [1.29, 1.82) is 0 Å².